The largest absolute Gasteiger partial charge is 0.411 e. The number of aromatic nitrogens is 1. The van der Waals surface area contributed by atoms with Gasteiger partial charge >= 0.3 is 11.9 Å². The van der Waals surface area contributed by atoms with Crippen LogP contribution in [0.2, 0.25) is 0 Å². The zero-order valence-corrected chi connectivity index (χ0v) is 9.36. The van der Waals surface area contributed by atoms with Crippen LogP contribution >= 0.6 is 0 Å². The molecule has 100 valence electrons. The molecular formula is C10H7F3N4O2. The molecule has 0 unspecified atom stereocenters. The summed E-state index contributed by atoms with van der Waals surface area (Å²) in [6.07, 6.45) is -3.82. The Kier molecular flexibility index (Phi) is 2.81. The first-order valence-electron chi connectivity index (χ1n) is 5.19. The molecule has 0 spiro atoms. The second-order valence-corrected chi connectivity index (χ2v) is 4.13. The third-order valence-electron chi connectivity index (χ3n) is 2.88. The third kappa shape index (κ3) is 2.16. The van der Waals surface area contributed by atoms with Crippen LogP contribution in [0.5, 0.6) is 0 Å². The first-order chi connectivity index (χ1) is 8.81. The number of pyridine rings is 1. The normalized spacial score (nSPS) is 16.5. The molecule has 1 N–H and O–H groups in total. The molecule has 0 amide bonds. The molecule has 0 aromatic carbocycles. The fourth-order valence-electron chi connectivity index (χ4n) is 1.65. The molecule has 1 aromatic rings. The van der Waals surface area contributed by atoms with Crippen LogP contribution in [0.3, 0.4) is 0 Å². The number of nitriles is 1. The van der Waals surface area contributed by atoms with Crippen LogP contribution in [0.25, 0.3) is 0 Å². The number of alkyl halides is 3. The summed E-state index contributed by atoms with van der Waals surface area (Å²) in [4.78, 5) is 13.5. The average molecular weight is 272 g/mol. The molecule has 0 bridgehead atoms. The lowest BCUT2D eigenvalue weighted by molar-refractivity contribution is -0.384. The number of hydrogen-bond acceptors (Lipinski definition) is 5. The van der Waals surface area contributed by atoms with Crippen molar-refractivity contribution in [2.45, 2.75) is 24.6 Å². The Morgan fingerprint density at radius 3 is 2.58 bits per heavy atom. The lowest BCUT2D eigenvalue weighted by atomic mass is 10.2. The number of rotatable bonds is 3. The molecule has 9 heteroatoms. The fourth-order valence-corrected chi connectivity index (χ4v) is 1.65. The highest BCUT2D eigenvalue weighted by molar-refractivity contribution is 5.65. The van der Waals surface area contributed by atoms with Gasteiger partial charge in [-0.15, -0.1) is 0 Å². The minimum absolute atomic E-state index is 0.174. The van der Waals surface area contributed by atoms with Gasteiger partial charge in [0.25, 0.3) is 0 Å². The van der Waals surface area contributed by atoms with Gasteiger partial charge in [0, 0.05) is 6.20 Å². The summed E-state index contributed by atoms with van der Waals surface area (Å²) in [5.41, 5.74) is -3.24. The summed E-state index contributed by atoms with van der Waals surface area (Å²) >= 11 is 0. The Labute approximate surface area is 105 Å². The highest BCUT2D eigenvalue weighted by Crippen LogP contribution is 2.51. The van der Waals surface area contributed by atoms with Crippen molar-refractivity contribution in [3.8, 4) is 6.07 Å². The molecule has 1 aliphatic carbocycles. The maximum absolute atomic E-state index is 12.8. The number of nitrogens with zero attached hydrogens (tertiary/aromatic N) is 3. The molecule has 1 aliphatic rings. The van der Waals surface area contributed by atoms with Crippen molar-refractivity contribution in [1.82, 2.24) is 4.98 Å². The highest BCUT2D eigenvalue weighted by Gasteiger charge is 2.64. The van der Waals surface area contributed by atoms with Crippen LogP contribution in [-0.4, -0.2) is 21.6 Å². The lowest BCUT2D eigenvalue weighted by Gasteiger charge is -2.21. The predicted molar refractivity (Wildman–Crippen MR) is 57.2 cm³/mol. The van der Waals surface area contributed by atoms with E-state index in [0.29, 0.717) is 0 Å². The molecule has 1 heterocycles. The predicted octanol–water partition coefficient (Wildman–Crippen LogP) is 2.37. The summed E-state index contributed by atoms with van der Waals surface area (Å²) < 4.78 is 38.3. The zero-order valence-electron chi connectivity index (χ0n) is 9.36. The van der Waals surface area contributed by atoms with E-state index in [-0.39, 0.29) is 18.4 Å². The summed E-state index contributed by atoms with van der Waals surface area (Å²) in [6.45, 7) is 0. The molecule has 19 heavy (non-hydrogen) atoms. The van der Waals surface area contributed by atoms with Crippen molar-refractivity contribution in [1.29, 1.82) is 5.26 Å². The van der Waals surface area contributed by atoms with E-state index in [1.165, 1.54) is 0 Å². The molecule has 0 radical (unpaired) electrons. The van der Waals surface area contributed by atoms with Crippen LogP contribution in [0.4, 0.5) is 24.7 Å². The molecule has 2 rings (SSSR count). The summed E-state index contributed by atoms with van der Waals surface area (Å²) in [7, 11) is 0. The lowest BCUT2D eigenvalue weighted by Crippen LogP contribution is -2.39. The number of hydrogen-bond donors (Lipinski definition) is 1. The Morgan fingerprint density at radius 1 is 1.53 bits per heavy atom. The number of nitro groups is 1. The van der Waals surface area contributed by atoms with Gasteiger partial charge in [-0.25, -0.2) is 4.98 Å². The van der Waals surface area contributed by atoms with E-state index >= 15 is 0 Å². The van der Waals surface area contributed by atoms with Crippen LogP contribution < -0.4 is 5.32 Å². The minimum Gasteiger partial charge on any atom is -0.350 e. The van der Waals surface area contributed by atoms with Gasteiger partial charge in [-0.1, -0.05) is 0 Å². The molecule has 0 atom stereocenters. The van der Waals surface area contributed by atoms with Crippen molar-refractivity contribution >= 4 is 11.5 Å². The smallest absolute Gasteiger partial charge is 0.350 e. The van der Waals surface area contributed by atoms with E-state index < -0.39 is 28.1 Å². The molecule has 6 nitrogen and oxygen atoms in total. The van der Waals surface area contributed by atoms with Gasteiger partial charge in [0.15, 0.2) is 0 Å². The second-order valence-electron chi connectivity index (χ2n) is 4.13. The monoisotopic (exact) mass is 272 g/mol. The van der Waals surface area contributed by atoms with Crippen molar-refractivity contribution in [3.63, 3.8) is 0 Å². The first-order valence-corrected chi connectivity index (χ1v) is 5.19. The average Bonchev–Trinajstić information content (AvgIpc) is 3.08. The van der Waals surface area contributed by atoms with Gasteiger partial charge in [-0.2, -0.15) is 18.4 Å². The number of nitrogens with one attached hydrogen (secondary N) is 1. The van der Waals surface area contributed by atoms with Gasteiger partial charge < -0.3 is 5.32 Å². The third-order valence-corrected chi connectivity index (χ3v) is 2.88. The van der Waals surface area contributed by atoms with Crippen LogP contribution in [-0.2, 0) is 0 Å². The van der Waals surface area contributed by atoms with E-state index in [1.54, 1.807) is 6.07 Å². The summed E-state index contributed by atoms with van der Waals surface area (Å²) in [5.74, 6) is -0.529. The van der Waals surface area contributed by atoms with Gasteiger partial charge in [-0.3, -0.25) is 10.1 Å². The van der Waals surface area contributed by atoms with Gasteiger partial charge in [0.1, 0.15) is 17.2 Å². The molecular weight excluding hydrogens is 265 g/mol. The van der Waals surface area contributed by atoms with Crippen molar-refractivity contribution < 1.29 is 18.1 Å². The standard InChI is InChI=1S/C10H7F3N4O2/c11-10(12,13)9(2-3-9)16-8-7(17(18)19)6(5-14)1-4-15-8/h1,4H,2-3H2,(H,15,16). The summed E-state index contributed by atoms with van der Waals surface area (Å²) in [6, 6.07) is 2.64. The quantitative estimate of drug-likeness (QED) is 0.673. The Bertz CT molecular complexity index is 575. The SMILES string of the molecule is N#Cc1ccnc(NC2(C(F)(F)F)CC2)c1[N+](=O)[O-]. The maximum Gasteiger partial charge on any atom is 0.411 e. The summed E-state index contributed by atoms with van der Waals surface area (Å²) in [5, 5.41) is 21.6. The first kappa shape index (κ1) is 13.1. The number of anilines is 1. The van der Waals surface area contributed by atoms with E-state index in [1.807, 2.05) is 0 Å². The van der Waals surface area contributed by atoms with Gasteiger partial charge in [0.2, 0.25) is 5.82 Å². The van der Waals surface area contributed by atoms with E-state index in [9.17, 15) is 23.3 Å². The van der Waals surface area contributed by atoms with Crippen molar-refractivity contribution in [2.24, 2.45) is 0 Å². The van der Waals surface area contributed by atoms with E-state index in [2.05, 4.69) is 10.3 Å². The maximum atomic E-state index is 12.8. The van der Waals surface area contributed by atoms with Crippen LogP contribution in [0.15, 0.2) is 12.3 Å². The zero-order chi connectivity index (χ0) is 14.3. The molecule has 0 aliphatic heterocycles. The Hall–Kier alpha value is -2.37. The molecule has 1 saturated carbocycles. The van der Waals surface area contributed by atoms with E-state index in [0.717, 1.165) is 12.3 Å². The topological polar surface area (TPSA) is 91.8 Å². The molecule has 1 fully saturated rings. The van der Waals surface area contributed by atoms with Crippen molar-refractivity contribution in [2.75, 3.05) is 5.32 Å². The Balaban J connectivity index is 2.43. The number of halogens is 3. The Morgan fingerprint density at radius 2 is 2.16 bits per heavy atom. The molecule has 1 aromatic heterocycles. The molecule has 0 saturated heterocycles. The highest BCUT2D eigenvalue weighted by atomic mass is 19.4. The van der Waals surface area contributed by atoms with E-state index in [4.69, 9.17) is 5.26 Å². The second kappa shape index (κ2) is 4.08. The fraction of sp³-hybridized carbons (Fsp3) is 0.400. The van der Waals surface area contributed by atoms with Gasteiger partial charge in [0.05, 0.1) is 4.92 Å². The minimum atomic E-state index is -4.52. The van der Waals surface area contributed by atoms with Gasteiger partial charge in [-0.05, 0) is 18.9 Å². The van der Waals surface area contributed by atoms with Crippen molar-refractivity contribution in [3.05, 3.63) is 27.9 Å². The van der Waals surface area contributed by atoms with Crippen LogP contribution in [0.1, 0.15) is 18.4 Å². The van der Waals surface area contributed by atoms with Crippen LogP contribution in [0, 0.1) is 21.4 Å².